The van der Waals surface area contributed by atoms with E-state index in [2.05, 4.69) is 17.1 Å². The number of Topliss-reactive ketones (excluding diaryl/α,β-unsaturated/α-hetero) is 1. The Morgan fingerprint density at radius 1 is 1.12 bits per heavy atom. The fraction of sp³-hybridized carbons (Fsp3) is 0.769. The summed E-state index contributed by atoms with van der Waals surface area (Å²) in [6, 6.07) is 0. The molecular formula is C26H44N2O5. The molecule has 2 rings (SSSR count). The molecule has 0 aromatic rings. The Morgan fingerprint density at radius 2 is 1.85 bits per heavy atom. The highest BCUT2D eigenvalue weighted by atomic mass is 16.5. The van der Waals surface area contributed by atoms with E-state index in [9.17, 15) is 20.1 Å². The predicted octanol–water partition coefficient (Wildman–Crippen LogP) is 2.86. The summed E-state index contributed by atoms with van der Waals surface area (Å²) in [5, 5.41) is 31.1. The number of unbranched alkanes of at least 4 members (excludes halogenated alkanes) is 5. The first kappa shape index (κ1) is 27.9. The van der Waals surface area contributed by atoms with Crippen molar-refractivity contribution in [2.45, 2.75) is 102 Å². The Labute approximate surface area is 198 Å². The highest BCUT2D eigenvalue weighted by molar-refractivity contribution is 5.82. The minimum absolute atomic E-state index is 0.105. The number of ether oxygens (including phenoxy) is 1. The van der Waals surface area contributed by atoms with Crippen molar-refractivity contribution in [3.8, 4) is 0 Å². The molecule has 2 aliphatic rings. The van der Waals surface area contributed by atoms with Crippen molar-refractivity contribution in [1.29, 1.82) is 0 Å². The molecule has 188 valence electrons. The lowest BCUT2D eigenvalue weighted by atomic mass is 9.78. The molecule has 2 aliphatic heterocycles. The normalized spacial score (nSPS) is 31.2. The Kier molecular flexibility index (Phi) is 13.1. The van der Waals surface area contributed by atoms with Crippen molar-refractivity contribution in [3.63, 3.8) is 0 Å². The summed E-state index contributed by atoms with van der Waals surface area (Å²) in [6.45, 7) is 2.63. The van der Waals surface area contributed by atoms with Gasteiger partial charge in [-0.25, -0.2) is 0 Å². The number of carbonyl (C=O) groups excluding carboxylic acids is 1. The first-order valence-corrected chi connectivity index (χ1v) is 12.7. The van der Waals surface area contributed by atoms with Crippen LogP contribution in [0.4, 0.5) is 0 Å². The van der Waals surface area contributed by atoms with Crippen LogP contribution in [-0.2, 0) is 9.53 Å². The summed E-state index contributed by atoms with van der Waals surface area (Å²) in [6.07, 6.45) is 12.8. The Hall–Kier alpha value is -1.38. The Morgan fingerprint density at radius 3 is 2.55 bits per heavy atom. The number of carbonyl (C=O) groups is 1. The molecule has 1 unspecified atom stereocenters. The number of nitrogens with zero attached hydrogens (tertiary/aromatic N) is 1. The zero-order chi connectivity index (χ0) is 24.1. The van der Waals surface area contributed by atoms with E-state index in [1.165, 1.54) is 19.3 Å². The molecule has 0 aliphatic carbocycles. The van der Waals surface area contributed by atoms with Gasteiger partial charge in [-0.2, -0.15) is 0 Å². The van der Waals surface area contributed by atoms with Crippen LogP contribution in [0.15, 0.2) is 28.3 Å². The Bertz CT molecular complexity index is 676. The van der Waals surface area contributed by atoms with Gasteiger partial charge >= 0.3 is 0 Å². The van der Waals surface area contributed by atoms with Gasteiger partial charge in [-0.1, -0.05) is 37.8 Å². The molecule has 5 atom stereocenters. The average Bonchev–Trinajstić information content (AvgIpc) is 2.78. The van der Waals surface area contributed by atoms with Crippen LogP contribution in [0.25, 0.3) is 0 Å². The number of allylic oxidation sites excluding steroid dienone is 2. The van der Waals surface area contributed by atoms with Crippen LogP contribution >= 0.6 is 0 Å². The molecule has 0 radical (unpaired) electrons. The molecule has 0 aromatic heterocycles. The fourth-order valence-electron chi connectivity index (χ4n) is 4.75. The van der Waals surface area contributed by atoms with Crippen LogP contribution in [0.3, 0.4) is 0 Å². The van der Waals surface area contributed by atoms with Gasteiger partial charge in [0.25, 0.3) is 0 Å². The second kappa shape index (κ2) is 15.5. The SMILES string of the molecule is CC(=O)CCC[C@H]1C(/C2=C(CCCCCCCCN)/C=C\CCN=C2)O[C@H](CO)[C@H](O)[C@@H]1O. The third-order valence-corrected chi connectivity index (χ3v) is 6.68. The lowest BCUT2D eigenvalue weighted by Crippen LogP contribution is -2.56. The lowest BCUT2D eigenvalue weighted by molar-refractivity contribution is -0.199. The average molecular weight is 465 g/mol. The number of aliphatic imine (C=N–C) groups is 1. The molecule has 0 bridgehead atoms. The van der Waals surface area contributed by atoms with Crippen LogP contribution in [0, 0.1) is 5.92 Å². The minimum atomic E-state index is -1.16. The number of hydrogen-bond acceptors (Lipinski definition) is 7. The smallest absolute Gasteiger partial charge is 0.129 e. The molecule has 1 saturated heterocycles. The summed E-state index contributed by atoms with van der Waals surface area (Å²) < 4.78 is 6.19. The maximum absolute atomic E-state index is 11.5. The van der Waals surface area contributed by atoms with Crippen LogP contribution in [0.5, 0.6) is 0 Å². The number of nitrogens with two attached hydrogens (primary N) is 1. The predicted molar refractivity (Wildman–Crippen MR) is 131 cm³/mol. The van der Waals surface area contributed by atoms with Crippen LogP contribution in [0.1, 0.15) is 77.6 Å². The summed E-state index contributed by atoms with van der Waals surface area (Å²) in [4.78, 5) is 16.0. The second-order valence-corrected chi connectivity index (χ2v) is 9.38. The van der Waals surface area contributed by atoms with Gasteiger partial charge in [0.15, 0.2) is 0 Å². The van der Waals surface area contributed by atoms with Crippen LogP contribution in [-0.4, -0.2) is 71.4 Å². The summed E-state index contributed by atoms with van der Waals surface area (Å²) in [7, 11) is 0. The first-order chi connectivity index (χ1) is 16.0. The molecule has 0 saturated carbocycles. The van der Waals surface area contributed by atoms with E-state index >= 15 is 0 Å². The van der Waals surface area contributed by atoms with Gasteiger partial charge in [-0.15, -0.1) is 0 Å². The zero-order valence-electron chi connectivity index (χ0n) is 20.2. The van der Waals surface area contributed by atoms with Crippen molar-refractivity contribution >= 4 is 12.0 Å². The maximum Gasteiger partial charge on any atom is 0.129 e. The molecule has 7 nitrogen and oxygen atoms in total. The molecule has 1 fully saturated rings. The van der Waals surface area contributed by atoms with E-state index in [4.69, 9.17) is 10.5 Å². The highest BCUT2D eigenvalue weighted by Crippen LogP contribution is 2.36. The first-order valence-electron chi connectivity index (χ1n) is 12.7. The Balaban J connectivity index is 2.21. The molecule has 0 spiro atoms. The van der Waals surface area contributed by atoms with E-state index in [0.29, 0.717) is 25.8 Å². The van der Waals surface area contributed by atoms with E-state index in [1.807, 2.05) is 6.21 Å². The quantitative estimate of drug-likeness (QED) is 0.293. The molecule has 2 heterocycles. The fourth-order valence-corrected chi connectivity index (χ4v) is 4.75. The van der Waals surface area contributed by atoms with Gasteiger partial charge in [0.05, 0.1) is 18.8 Å². The van der Waals surface area contributed by atoms with Gasteiger partial charge in [0.2, 0.25) is 0 Å². The molecular weight excluding hydrogens is 420 g/mol. The monoisotopic (exact) mass is 464 g/mol. The number of aliphatic hydroxyl groups is 3. The minimum Gasteiger partial charge on any atom is -0.394 e. The molecule has 7 heteroatoms. The van der Waals surface area contributed by atoms with E-state index in [0.717, 1.165) is 49.8 Å². The third-order valence-electron chi connectivity index (χ3n) is 6.68. The summed E-state index contributed by atoms with van der Waals surface area (Å²) in [5.74, 6) is -0.268. The topological polar surface area (TPSA) is 125 Å². The number of ketones is 1. The van der Waals surface area contributed by atoms with Gasteiger partial charge in [-0.3, -0.25) is 4.99 Å². The van der Waals surface area contributed by atoms with Crippen molar-refractivity contribution in [3.05, 3.63) is 23.3 Å². The van der Waals surface area contributed by atoms with Gasteiger partial charge in [-0.05, 0) is 57.6 Å². The van der Waals surface area contributed by atoms with Crippen molar-refractivity contribution in [1.82, 2.24) is 0 Å². The number of hydrogen-bond donors (Lipinski definition) is 4. The van der Waals surface area contributed by atoms with Gasteiger partial charge in [0.1, 0.15) is 18.0 Å². The second-order valence-electron chi connectivity index (χ2n) is 9.38. The van der Waals surface area contributed by atoms with E-state index in [1.54, 1.807) is 6.92 Å². The van der Waals surface area contributed by atoms with Crippen molar-refractivity contribution < 1.29 is 24.9 Å². The largest absolute Gasteiger partial charge is 0.394 e. The lowest BCUT2D eigenvalue weighted by Gasteiger charge is -2.43. The molecule has 5 N–H and O–H groups in total. The molecule has 0 aromatic carbocycles. The number of aliphatic hydroxyl groups excluding tert-OH is 3. The maximum atomic E-state index is 11.5. The van der Waals surface area contributed by atoms with Crippen LogP contribution in [0.2, 0.25) is 0 Å². The zero-order valence-corrected chi connectivity index (χ0v) is 20.2. The molecule has 33 heavy (non-hydrogen) atoms. The van der Waals surface area contributed by atoms with Gasteiger partial charge < -0.3 is 30.6 Å². The molecule has 0 amide bonds. The summed E-state index contributed by atoms with van der Waals surface area (Å²) >= 11 is 0. The van der Waals surface area contributed by atoms with Crippen molar-refractivity contribution in [2.24, 2.45) is 16.6 Å². The highest BCUT2D eigenvalue weighted by Gasteiger charge is 2.45. The standard InChI is InChI=1S/C26H44N2O5/c1-19(30)11-10-14-21-24(31)25(32)23(18-29)33-26(21)22-17-28-16-9-7-13-20(22)12-6-4-2-3-5-8-15-27/h7,13,17,21,23-26,29,31-32H,2-6,8-12,14-16,18,27H2,1H3/b13-7-,22-20+,28-17?/t21-,23-,24-,25+,26?/m1/s1. The third kappa shape index (κ3) is 9.06. The van der Waals surface area contributed by atoms with Crippen LogP contribution < -0.4 is 5.73 Å². The number of rotatable bonds is 14. The van der Waals surface area contributed by atoms with Gasteiger partial charge in [0, 0.05) is 30.7 Å². The van der Waals surface area contributed by atoms with E-state index in [-0.39, 0.29) is 18.3 Å². The van der Waals surface area contributed by atoms with Crippen molar-refractivity contribution in [2.75, 3.05) is 19.7 Å². The van der Waals surface area contributed by atoms with E-state index < -0.39 is 24.4 Å². The summed E-state index contributed by atoms with van der Waals surface area (Å²) in [5.41, 5.74) is 7.63.